The van der Waals surface area contributed by atoms with Crippen molar-refractivity contribution in [1.29, 1.82) is 0 Å². The Hall–Kier alpha value is -6.34. The highest BCUT2D eigenvalue weighted by Gasteiger charge is 2.41. The molecule has 12 heteroatoms. The molecule has 0 aliphatic carbocycles. The summed E-state index contributed by atoms with van der Waals surface area (Å²) in [6.07, 6.45) is 0. The van der Waals surface area contributed by atoms with E-state index in [0.29, 0.717) is 55.0 Å². The third-order valence-electron chi connectivity index (χ3n) is 11.8. The average Bonchev–Trinajstić information content (AvgIpc) is 3.31. The Morgan fingerprint density at radius 2 is 0.700 bits per heavy atom. The molecular formula is C58H68O10P2. The molecule has 0 aromatic heterocycles. The van der Waals surface area contributed by atoms with Crippen molar-refractivity contribution < 1.29 is 47.3 Å². The van der Waals surface area contributed by atoms with Crippen molar-refractivity contribution in [3.63, 3.8) is 0 Å². The van der Waals surface area contributed by atoms with Gasteiger partial charge in [0, 0.05) is 54.6 Å². The van der Waals surface area contributed by atoms with Crippen molar-refractivity contribution >= 4 is 58.5 Å². The number of esters is 2. The zero-order valence-electron chi connectivity index (χ0n) is 40.5. The number of rotatable bonds is 17. The van der Waals surface area contributed by atoms with Crippen molar-refractivity contribution in [3.8, 4) is 11.5 Å². The largest absolute Gasteiger partial charge is 0.481 e. The molecule has 0 radical (unpaired) electrons. The van der Waals surface area contributed by atoms with Gasteiger partial charge in [0.25, 0.3) is 0 Å². The molecule has 6 rings (SSSR count). The lowest BCUT2D eigenvalue weighted by atomic mass is 9.83. The Balaban J connectivity index is 0.00000533. The zero-order valence-corrected chi connectivity index (χ0v) is 42.3. The van der Waals surface area contributed by atoms with Crippen LogP contribution in [0.4, 0.5) is 0 Å². The number of aryl methyl sites for hydroxylation is 2. The van der Waals surface area contributed by atoms with Crippen LogP contribution in [-0.4, -0.2) is 49.4 Å². The van der Waals surface area contributed by atoms with Gasteiger partial charge in [0.1, 0.15) is 24.7 Å². The number of hydrogen-bond acceptors (Lipinski definition) is 10. The maximum absolute atomic E-state index is 15.1. The van der Waals surface area contributed by atoms with Crippen molar-refractivity contribution in [1.82, 2.24) is 0 Å². The van der Waals surface area contributed by atoms with E-state index in [2.05, 4.69) is 0 Å². The first-order valence-corrected chi connectivity index (χ1v) is 25.9. The smallest absolute Gasteiger partial charge is 0.344 e. The molecule has 0 heterocycles. The molecule has 10 nitrogen and oxygen atoms in total. The summed E-state index contributed by atoms with van der Waals surface area (Å²) in [5.74, 6) is -0.855. The summed E-state index contributed by atoms with van der Waals surface area (Å²) in [4.78, 5) is 55.6. The van der Waals surface area contributed by atoms with E-state index in [1.165, 1.54) is 0 Å². The molecule has 70 heavy (non-hydrogen) atoms. The number of hydrogen-bond donors (Lipinski definition) is 0. The lowest BCUT2D eigenvalue weighted by Crippen LogP contribution is -2.26. The van der Waals surface area contributed by atoms with Crippen LogP contribution < -0.4 is 30.7 Å². The minimum absolute atomic E-state index is 0. The summed E-state index contributed by atoms with van der Waals surface area (Å²) >= 11 is 0. The number of ether oxygens (including phenoxy) is 4. The van der Waals surface area contributed by atoms with Gasteiger partial charge in [0.05, 0.1) is 0 Å². The van der Waals surface area contributed by atoms with Crippen LogP contribution in [0.5, 0.6) is 11.5 Å². The minimum Gasteiger partial charge on any atom is -0.481 e. The maximum atomic E-state index is 15.1. The molecule has 0 spiro atoms. The molecule has 0 saturated carbocycles. The Kier molecular flexibility index (Phi) is 18.5. The van der Waals surface area contributed by atoms with E-state index in [1.54, 1.807) is 135 Å². The second-order valence-corrected chi connectivity index (χ2v) is 24.1. The molecule has 0 saturated heterocycles. The fourth-order valence-corrected chi connectivity index (χ4v) is 13.6. The molecule has 0 N–H and O–H groups in total. The predicted octanol–water partition coefficient (Wildman–Crippen LogP) is 11.6. The van der Waals surface area contributed by atoms with Crippen molar-refractivity contribution in [2.24, 2.45) is 0 Å². The summed E-state index contributed by atoms with van der Waals surface area (Å²) in [7, 11) is -7.73. The maximum Gasteiger partial charge on any atom is 0.344 e. The molecule has 0 amide bonds. The molecule has 0 fully saturated rings. The van der Waals surface area contributed by atoms with Gasteiger partial charge in [0.15, 0.2) is 13.2 Å². The molecule has 0 aliphatic heterocycles. The van der Waals surface area contributed by atoms with Crippen LogP contribution in [0.1, 0.15) is 110 Å². The zero-order chi connectivity index (χ0) is 49.6. The molecule has 0 unspecified atom stereocenters. The first-order chi connectivity index (χ1) is 32.1. The summed E-state index contributed by atoms with van der Waals surface area (Å²) in [5.41, 5.74) is 2.14. The quantitative estimate of drug-likeness (QED) is 0.0493. The van der Waals surface area contributed by atoms with Crippen LogP contribution in [0.25, 0.3) is 0 Å². The fraction of sp³-hybridized carbons (Fsp3) is 0.310. The normalized spacial score (nSPS) is 11.6. The van der Waals surface area contributed by atoms with Gasteiger partial charge in [-0.1, -0.05) is 190 Å². The van der Waals surface area contributed by atoms with E-state index >= 15 is 9.13 Å². The van der Waals surface area contributed by atoms with Gasteiger partial charge < -0.3 is 28.1 Å². The van der Waals surface area contributed by atoms with Crippen LogP contribution >= 0.6 is 14.3 Å². The number of carbonyl (C=O) groups is 4. The molecular weight excluding hydrogens is 919 g/mol. The van der Waals surface area contributed by atoms with Crippen LogP contribution in [0.15, 0.2) is 133 Å². The van der Waals surface area contributed by atoms with Crippen LogP contribution in [0, 0.1) is 27.7 Å². The highest BCUT2D eigenvalue weighted by molar-refractivity contribution is 7.94. The lowest BCUT2D eigenvalue weighted by molar-refractivity contribution is -0.154. The van der Waals surface area contributed by atoms with Crippen molar-refractivity contribution in [2.45, 2.75) is 94.9 Å². The van der Waals surface area contributed by atoms with Crippen molar-refractivity contribution in [2.75, 3.05) is 26.4 Å². The van der Waals surface area contributed by atoms with Crippen LogP contribution in [-0.2, 0) is 39.0 Å². The van der Waals surface area contributed by atoms with Gasteiger partial charge >= 0.3 is 11.9 Å². The number of carbonyl (C=O) groups excluding carboxylic acids is 4. The van der Waals surface area contributed by atoms with Gasteiger partial charge in [-0.05, 0) is 49.7 Å². The molecule has 0 aliphatic rings. The SMILES string of the molecule is C.C.Cc1cc(C(C)(C)C)c(OCC(=O)OCCOC(=O)COc2c(C(C)(C)C)cc(C)c(C(=O)P(=O)(c3ccccc3)c3ccccc3)c2C)c(C)c1C(=O)P(=O)(c1ccccc1)c1ccccc1. The highest BCUT2D eigenvalue weighted by Crippen LogP contribution is 2.51. The lowest BCUT2D eigenvalue weighted by Gasteiger charge is -2.28. The van der Waals surface area contributed by atoms with Gasteiger partial charge in [-0.15, -0.1) is 0 Å². The third-order valence-corrected chi connectivity index (χ3v) is 17.5. The Labute approximate surface area is 414 Å². The average molecular weight is 987 g/mol. The Morgan fingerprint density at radius 1 is 0.443 bits per heavy atom. The minimum atomic E-state index is -3.86. The van der Waals surface area contributed by atoms with Gasteiger partial charge in [0.2, 0.25) is 25.3 Å². The molecule has 370 valence electrons. The first-order valence-electron chi connectivity index (χ1n) is 22.5. The molecule has 6 aromatic rings. The van der Waals surface area contributed by atoms with Crippen LogP contribution in [0.3, 0.4) is 0 Å². The molecule has 6 aromatic carbocycles. The van der Waals surface area contributed by atoms with E-state index in [0.717, 1.165) is 11.1 Å². The predicted molar refractivity (Wildman–Crippen MR) is 284 cm³/mol. The monoisotopic (exact) mass is 986 g/mol. The second-order valence-electron chi connectivity index (χ2n) is 18.8. The third kappa shape index (κ3) is 11.8. The van der Waals surface area contributed by atoms with Gasteiger partial charge in [-0.3, -0.25) is 9.59 Å². The summed E-state index contributed by atoms with van der Waals surface area (Å²) in [6.45, 7) is 17.4. The summed E-state index contributed by atoms with van der Waals surface area (Å²) in [6, 6.07) is 38.5. The molecule has 0 atom stereocenters. The summed E-state index contributed by atoms with van der Waals surface area (Å²) < 4.78 is 53.3. The van der Waals surface area contributed by atoms with Gasteiger partial charge in [-0.2, -0.15) is 0 Å². The van der Waals surface area contributed by atoms with E-state index in [9.17, 15) is 19.2 Å². The van der Waals surface area contributed by atoms with E-state index < -0.39 is 61.3 Å². The van der Waals surface area contributed by atoms with Gasteiger partial charge in [-0.25, -0.2) is 9.59 Å². The topological polar surface area (TPSA) is 139 Å². The van der Waals surface area contributed by atoms with Crippen molar-refractivity contribution in [3.05, 3.63) is 178 Å². The van der Waals surface area contributed by atoms with E-state index in [-0.39, 0.29) is 39.2 Å². The summed E-state index contributed by atoms with van der Waals surface area (Å²) in [5, 5.41) is 1.63. The standard InChI is InChI=1S/C56H60O10P2.2CH4/c1-37-33-45(55(5,6)7)51(39(3)49(37)53(59)67(61,41-23-15-11-16-24-41)42-25-17-12-18-26-42)65-35-47(57)63-31-32-64-48(58)36-66-52-40(4)50(38(2)34-46(52)56(8,9)10)54(60)68(62,43-27-19-13-20-28-43)44-29-21-14-22-30-44;;/h11-30,33-34H,31-32,35-36H2,1-10H3;2*1H4. The highest BCUT2D eigenvalue weighted by atomic mass is 31.2. The first kappa shape index (κ1) is 56.2. The second kappa shape index (κ2) is 23.1. The number of benzene rings is 6. The fourth-order valence-electron chi connectivity index (χ4n) is 8.37. The Morgan fingerprint density at radius 3 is 0.943 bits per heavy atom. The Bertz CT molecular complexity index is 2630. The van der Waals surface area contributed by atoms with Crippen LogP contribution in [0.2, 0.25) is 0 Å². The van der Waals surface area contributed by atoms with E-state index in [4.69, 9.17) is 18.9 Å². The van der Waals surface area contributed by atoms with E-state index in [1.807, 2.05) is 67.5 Å². The molecule has 0 bridgehead atoms.